The zero-order valence-corrected chi connectivity index (χ0v) is 12.0. The number of fused-ring (bicyclic) bond motifs is 1. The molecule has 1 aliphatic rings. The number of hydrogen-bond acceptors (Lipinski definition) is 2. The number of aromatic nitrogens is 1. The largest absolute Gasteiger partial charge is 0.358 e. The minimum Gasteiger partial charge on any atom is -0.358 e. The molecular weight excluding hydrogens is 253 g/mol. The molecule has 0 bridgehead atoms. The van der Waals surface area contributed by atoms with Crippen LogP contribution < -0.4 is 0 Å². The van der Waals surface area contributed by atoms with Gasteiger partial charge in [0.25, 0.3) is 0 Å². The van der Waals surface area contributed by atoms with Crippen LogP contribution in [0.15, 0.2) is 24.3 Å². The van der Waals surface area contributed by atoms with E-state index in [2.05, 4.69) is 27.9 Å². The van der Waals surface area contributed by atoms with Crippen molar-refractivity contribution < 1.29 is 4.39 Å². The highest BCUT2D eigenvalue weighted by molar-refractivity contribution is 5.80. The SMILES string of the molecule is CN1CCN(CCCc2cc3cc(F)ccc3[nH]2)CC1. The highest BCUT2D eigenvalue weighted by Gasteiger charge is 2.13. The number of nitrogens with zero attached hydrogens (tertiary/aromatic N) is 2. The molecule has 20 heavy (non-hydrogen) atoms. The van der Waals surface area contributed by atoms with E-state index in [1.54, 1.807) is 6.07 Å². The summed E-state index contributed by atoms with van der Waals surface area (Å²) in [6.45, 7) is 5.84. The van der Waals surface area contributed by atoms with Crippen LogP contribution in [-0.2, 0) is 6.42 Å². The summed E-state index contributed by atoms with van der Waals surface area (Å²) in [5, 5.41) is 0.972. The molecule has 2 heterocycles. The number of piperazine rings is 1. The summed E-state index contributed by atoms with van der Waals surface area (Å²) in [6, 6.07) is 6.99. The molecule has 0 saturated carbocycles. The maximum Gasteiger partial charge on any atom is 0.123 e. The van der Waals surface area contributed by atoms with Crippen LogP contribution in [0.1, 0.15) is 12.1 Å². The van der Waals surface area contributed by atoms with Crippen LogP contribution in [0, 0.1) is 5.82 Å². The Kier molecular flexibility index (Phi) is 4.03. The molecule has 3 rings (SSSR count). The highest BCUT2D eigenvalue weighted by atomic mass is 19.1. The van der Waals surface area contributed by atoms with E-state index in [9.17, 15) is 4.39 Å². The molecule has 0 radical (unpaired) electrons. The van der Waals surface area contributed by atoms with E-state index in [-0.39, 0.29) is 5.82 Å². The van der Waals surface area contributed by atoms with Crippen molar-refractivity contribution in [2.75, 3.05) is 39.8 Å². The van der Waals surface area contributed by atoms with Gasteiger partial charge < -0.3 is 14.8 Å². The van der Waals surface area contributed by atoms with Crippen molar-refractivity contribution >= 4 is 10.9 Å². The predicted octanol–water partition coefficient (Wildman–Crippen LogP) is 2.49. The van der Waals surface area contributed by atoms with Crippen molar-refractivity contribution in [1.82, 2.24) is 14.8 Å². The predicted molar refractivity (Wildman–Crippen MR) is 80.5 cm³/mol. The average molecular weight is 275 g/mol. The molecule has 1 aliphatic heterocycles. The van der Waals surface area contributed by atoms with Crippen LogP contribution in [-0.4, -0.2) is 54.6 Å². The van der Waals surface area contributed by atoms with Gasteiger partial charge in [-0.25, -0.2) is 4.39 Å². The van der Waals surface area contributed by atoms with Gasteiger partial charge in [-0.15, -0.1) is 0 Å². The van der Waals surface area contributed by atoms with Gasteiger partial charge in [0.1, 0.15) is 5.82 Å². The third kappa shape index (κ3) is 3.19. The maximum absolute atomic E-state index is 13.1. The minimum atomic E-state index is -0.166. The van der Waals surface area contributed by atoms with Crippen LogP contribution in [0.5, 0.6) is 0 Å². The lowest BCUT2D eigenvalue weighted by Crippen LogP contribution is -2.44. The molecule has 0 amide bonds. The van der Waals surface area contributed by atoms with Gasteiger partial charge in [0.15, 0.2) is 0 Å². The number of aryl methyl sites for hydroxylation is 1. The second kappa shape index (κ2) is 5.94. The molecular formula is C16H22FN3. The van der Waals surface area contributed by atoms with Crippen LogP contribution in [0.25, 0.3) is 10.9 Å². The standard InChI is InChI=1S/C16H22FN3/c1-19-7-9-20(10-8-19)6-2-3-15-12-13-11-14(17)4-5-16(13)18-15/h4-5,11-12,18H,2-3,6-10H2,1H3. The van der Waals surface area contributed by atoms with Gasteiger partial charge in [-0.05, 0) is 50.7 Å². The highest BCUT2D eigenvalue weighted by Crippen LogP contribution is 2.17. The van der Waals surface area contributed by atoms with E-state index in [0.29, 0.717) is 0 Å². The number of halogens is 1. The normalized spacial score (nSPS) is 17.9. The van der Waals surface area contributed by atoms with Gasteiger partial charge in [0.05, 0.1) is 0 Å². The van der Waals surface area contributed by atoms with E-state index in [0.717, 1.165) is 30.3 Å². The Morgan fingerprint density at radius 2 is 1.95 bits per heavy atom. The maximum atomic E-state index is 13.1. The molecule has 4 heteroatoms. The second-order valence-electron chi connectivity index (χ2n) is 5.77. The molecule has 0 atom stereocenters. The Labute approximate surface area is 119 Å². The number of aromatic amines is 1. The molecule has 1 saturated heterocycles. The van der Waals surface area contributed by atoms with Gasteiger partial charge in [-0.3, -0.25) is 0 Å². The van der Waals surface area contributed by atoms with Crippen molar-refractivity contribution in [2.24, 2.45) is 0 Å². The molecule has 1 aromatic heterocycles. The first-order chi connectivity index (χ1) is 9.70. The molecule has 2 aromatic rings. The fourth-order valence-corrected chi connectivity index (χ4v) is 2.86. The zero-order valence-electron chi connectivity index (χ0n) is 12.0. The molecule has 0 spiro atoms. The van der Waals surface area contributed by atoms with Crippen LogP contribution >= 0.6 is 0 Å². The lowest BCUT2D eigenvalue weighted by molar-refractivity contribution is 0.153. The van der Waals surface area contributed by atoms with Crippen molar-refractivity contribution in [3.63, 3.8) is 0 Å². The minimum absolute atomic E-state index is 0.166. The first kappa shape index (κ1) is 13.6. The van der Waals surface area contributed by atoms with Crippen molar-refractivity contribution in [3.8, 4) is 0 Å². The second-order valence-corrected chi connectivity index (χ2v) is 5.77. The van der Waals surface area contributed by atoms with Crippen LogP contribution in [0.3, 0.4) is 0 Å². The van der Waals surface area contributed by atoms with Gasteiger partial charge in [-0.1, -0.05) is 0 Å². The number of likely N-dealkylation sites (N-methyl/N-ethyl adjacent to an activating group) is 1. The summed E-state index contributed by atoms with van der Waals surface area (Å²) in [5.74, 6) is -0.166. The smallest absolute Gasteiger partial charge is 0.123 e. The number of benzene rings is 1. The van der Waals surface area contributed by atoms with Crippen LogP contribution in [0.4, 0.5) is 4.39 Å². The van der Waals surface area contributed by atoms with Crippen molar-refractivity contribution in [1.29, 1.82) is 0 Å². The molecule has 1 aromatic carbocycles. The average Bonchev–Trinajstić information content (AvgIpc) is 2.83. The fraction of sp³-hybridized carbons (Fsp3) is 0.500. The molecule has 1 N–H and O–H groups in total. The summed E-state index contributed by atoms with van der Waals surface area (Å²) in [5.41, 5.74) is 2.24. The first-order valence-electron chi connectivity index (χ1n) is 7.39. The van der Waals surface area contributed by atoms with Gasteiger partial charge in [0, 0.05) is 42.8 Å². The molecule has 3 nitrogen and oxygen atoms in total. The zero-order chi connectivity index (χ0) is 13.9. The Morgan fingerprint density at radius 3 is 2.75 bits per heavy atom. The Balaban J connectivity index is 1.52. The summed E-state index contributed by atoms with van der Waals surface area (Å²) in [7, 11) is 2.18. The third-order valence-corrected chi connectivity index (χ3v) is 4.15. The van der Waals surface area contributed by atoms with E-state index >= 15 is 0 Å². The van der Waals surface area contributed by atoms with E-state index in [1.165, 1.54) is 37.9 Å². The van der Waals surface area contributed by atoms with Crippen LogP contribution in [0.2, 0.25) is 0 Å². The lowest BCUT2D eigenvalue weighted by atomic mass is 10.2. The third-order valence-electron chi connectivity index (χ3n) is 4.15. The fourth-order valence-electron chi connectivity index (χ4n) is 2.86. The Bertz CT molecular complexity index is 570. The number of hydrogen-bond donors (Lipinski definition) is 1. The quantitative estimate of drug-likeness (QED) is 0.926. The van der Waals surface area contributed by atoms with Crippen molar-refractivity contribution in [3.05, 3.63) is 35.8 Å². The number of H-pyrrole nitrogens is 1. The lowest BCUT2D eigenvalue weighted by Gasteiger charge is -2.32. The van der Waals surface area contributed by atoms with E-state index in [1.807, 2.05) is 6.07 Å². The van der Waals surface area contributed by atoms with Crippen molar-refractivity contribution in [2.45, 2.75) is 12.8 Å². The van der Waals surface area contributed by atoms with Gasteiger partial charge in [0.2, 0.25) is 0 Å². The van der Waals surface area contributed by atoms with E-state index < -0.39 is 0 Å². The molecule has 0 aliphatic carbocycles. The molecule has 108 valence electrons. The number of nitrogens with one attached hydrogen (secondary N) is 1. The van der Waals surface area contributed by atoms with Gasteiger partial charge >= 0.3 is 0 Å². The molecule has 0 unspecified atom stereocenters. The van der Waals surface area contributed by atoms with Gasteiger partial charge in [-0.2, -0.15) is 0 Å². The Morgan fingerprint density at radius 1 is 1.15 bits per heavy atom. The summed E-state index contributed by atoms with van der Waals surface area (Å²) in [4.78, 5) is 8.28. The molecule has 1 fully saturated rings. The number of rotatable bonds is 4. The Hall–Kier alpha value is -1.39. The summed E-state index contributed by atoms with van der Waals surface area (Å²) < 4.78 is 13.1. The van der Waals surface area contributed by atoms with E-state index in [4.69, 9.17) is 0 Å². The monoisotopic (exact) mass is 275 g/mol. The summed E-state index contributed by atoms with van der Waals surface area (Å²) in [6.07, 6.45) is 2.18. The summed E-state index contributed by atoms with van der Waals surface area (Å²) >= 11 is 0. The topological polar surface area (TPSA) is 22.3 Å². The first-order valence-corrected chi connectivity index (χ1v) is 7.39.